The second-order valence-corrected chi connectivity index (χ2v) is 6.80. The van der Waals surface area contributed by atoms with E-state index in [1.54, 1.807) is 0 Å². The van der Waals surface area contributed by atoms with Crippen molar-refractivity contribution in [1.29, 1.82) is 0 Å². The molecular formula is C18H36INO5. The van der Waals surface area contributed by atoms with Gasteiger partial charge in [0, 0.05) is 19.6 Å². The van der Waals surface area contributed by atoms with E-state index in [-0.39, 0.29) is 5.91 Å². The third kappa shape index (κ3) is 22.0. The van der Waals surface area contributed by atoms with Gasteiger partial charge in [-0.05, 0) is 26.7 Å². The van der Waals surface area contributed by atoms with E-state index in [2.05, 4.69) is 19.2 Å². The Balaban J connectivity index is 3.16. The molecule has 0 saturated heterocycles. The fourth-order valence-corrected chi connectivity index (χ4v) is 2.36. The molecule has 6 nitrogen and oxygen atoms in total. The molecule has 7 heteroatoms. The number of hydrogen-bond donors (Lipinski definition) is 1. The van der Waals surface area contributed by atoms with Gasteiger partial charge >= 0.3 is 0 Å². The van der Waals surface area contributed by atoms with Crippen molar-refractivity contribution in [2.45, 2.75) is 64.9 Å². The number of ether oxygens (including phenoxy) is 3. The third-order valence-corrected chi connectivity index (χ3v) is 3.94. The molecule has 0 aromatic heterocycles. The average Bonchev–Trinajstić information content (AvgIpc) is 2.58. The summed E-state index contributed by atoms with van der Waals surface area (Å²) in [5.41, 5.74) is 0. The summed E-state index contributed by atoms with van der Waals surface area (Å²) in [6.07, 6.45) is 7.79. The first kappa shape index (κ1) is 25.0. The fraction of sp³-hybridized carbons (Fsp3) is 0.944. The highest BCUT2D eigenvalue weighted by atomic mass is 127. The Labute approximate surface area is 167 Å². The van der Waals surface area contributed by atoms with Gasteiger partial charge in [0.05, 0.1) is 39.1 Å². The van der Waals surface area contributed by atoms with Gasteiger partial charge in [-0.25, -0.2) is 0 Å². The van der Waals surface area contributed by atoms with Gasteiger partial charge < -0.3 is 22.6 Å². The van der Waals surface area contributed by atoms with Crippen LogP contribution in [0.3, 0.4) is 0 Å². The van der Waals surface area contributed by atoms with E-state index in [0.29, 0.717) is 52.1 Å². The van der Waals surface area contributed by atoms with Gasteiger partial charge in [-0.3, -0.25) is 4.79 Å². The average molecular weight is 473 g/mol. The van der Waals surface area contributed by atoms with Gasteiger partial charge in [-0.15, -0.1) is 0 Å². The second kappa shape index (κ2) is 20.4. The minimum atomic E-state index is 0.115. The predicted octanol–water partition coefficient (Wildman–Crippen LogP) is 3.66. The standard InChI is InChI=1S/C18H36INO5/c1-17(2)24-11-8-6-4-3-5-7-9-18(21)20-10-12-22-13-14-23-15-16-25-19/h17H,3-16H2,1-2H3,(H,20,21). The number of halogens is 1. The zero-order valence-electron chi connectivity index (χ0n) is 15.9. The molecule has 0 spiro atoms. The minimum Gasteiger partial charge on any atom is -0.379 e. The second-order valence-electron chi connectivity index (χ2n) is 6.18. The van der Waals surface area contributed by atoms with Crippen LogP contribution in [0, 0.1) is 0 Å². The molecule has 0 saturated carbocycles. The molecule has 0 aromatic carbocycles. The molecule has 0 bridgehead atoms. The van der Waals surface area contributed by atoms with Gasteiger partial charge in [-0.2, -0.15) is 0 Å². The summed E-state index contributed by atoms with van der Waals surface area (Å²) in [6.45, 7) is 8.34. The summed E-state index contributed by atoms with van der Waals surface area (Å²) < 4.78 is 21.0. The lowest BCUT2D eigenvalue weighted by Gasteiger charge is -2.08. The van der Waals surface area contributed by atoms with E-state index in [9.17, 15) is 4.79 Å². The third-order valence-electron chi connectivity index (χ3n) is 3.49. The van der Waals surface area contributed by atoms with Gasteiger partial charge in [0.2, 0.25) is 5.91 Å². The first-order chi connectivity index (χ1) is 12.2. The fourth-order valence-electron chi connectivity index (χ4n) is 2.18. The maximum Gasteiger partial charge on any atom is 0.220 e. The van der Waals surface area contributed by atoms with Crippen LogP contribution in [0.25, 0.3) is 0 Å². The van der Waals surface area contributed by atoms with E-state index >= 15 is 0 Å². The topological polar surface area (TPSA) is 66.0 Å². The first-order valence-corrected chi connectivity index (χ1v) is 10.3. The van der Waals surface area contributed by atoms with Crippen molar-refractivity contribution in [3.8, 4) is 0 Å². The summed E-state index contributed by atoms with van der Waals surface area (Å²) >= 11 is 1.84. The highest BCUT2D eigenvalue weighted by Crippen LogP contribution is 2.07. The first-order valence-electron chi connectivity index (χ1n) is 9.44. The Hall–Kier alpha value is 0.0400. The number of hydrogen-bond acceptors (Lipinski definition) is 5. The smallest absolute Gasteiger partial charge is 0.220 e. The lowest BCUT2D eigenvalue weighted by molar-refractivity contribution is -0.121. The van der Waals surface area contributed by atoms with Crippen LogP contribution in [0.5, 0.6) is 0 Å². The highest BCUT2D eigenvalue weighted by Gasteiger charge is 2.01. The van der Waals surface area contributed by atoms with E-state index in [4.69, 9.17) is 17.3 Å². The van der Waals surface area contributed by atoms with Crippen molar-refractivity contribution in [1.82, 2.24) is 5.32 Å². The van der Waals surface area contributed by atoms with Gasteiger partial charge in [0.15, 0.2) is 0 Å². The van der Waals surface area contributed by atoms with Crippen LogP contribution in [0.1, 0.15) is 58.8 Å². The molecule has 150 valence electrons. The predicted molar refractivity (Wildman–Crippen MR) is 108 cm³/mol. The van der Waals surface area contributed by atoms with Crippen LogP contribution >= 0.6 is 23.0 Å². The lowest BCUT2D eigenvalue weighted by Crippen LogP contribution is -2.27. The SMILES string of the molecule is CC(C)OCCCCCCCCC(=O)NCCOCCOCCOI. The Morgan fingerprint density at radius 2 is 1.44 bits per heavy atom. The van der Waals surface area contributed by atoms with Crippen molar-refractivity contribution >= 4 is 28.9 Å². The largest absolute Gasteiger partial charge is 0.379 e. The van der Waals surface area contributed by atoms with Crippen LogP contribution < -0.4 is 5.32 Å². The molecule has 0 fully saturated rings. The van der Waals surface area contributed by atoms with E-state index in [1.807, 2.05) is 23.0 Å². The Morgan fingerprint density at radius 1 is 0.840 bits per heavy atom. The monoisotopic (exact) mass is 473 g/mol. The lowest BCUT2D eigenvalue weighted by atomic mass is 10.1. The van der Waals surface area contributed by atoms with Crippen LogP contribution in [-0.4, -0.2) is 58.2 Å². The summed E-state index contributed by atoms with van der Waals surface area (Å²) in [5, 5.41) is 2.88. The Morgan fingerprint density at radius 3 is 2.12 bits per heavy atom. The number of rotatable bonds is 19. The molecule has 0 atom stereocenters. The maximum absolute atomic E-state index is 11.7. The van der Waals surface area contributed by atoms with Gasteiger partial charge in [0.25, 0.3) is 0 Å². The highest BCUT2D eigenvalue weighted by molar-refractivity contribution is 14.1. The molecule has 0 unspecified atom stereocenters. The molecule has 1 N–H and O–H groups in total. The summed E-state index contributed by atoms with van der Waals surface area (Å²) in [6, 6.07) is 0. The quantitative estimate of drug-likeness (QED) is 0.229. The maximum atomic E-state index is 11.7. The van der Waals surface area contributed by atoms with Crippen molar-refractivity contribution < 1.29 is 22.1 Å². The molecule has 0 radical (unpaired) electrons. The molecule has 0 rings (SSSR count). The summed E-state index contributed by atoms with van der Waals surface area (Å²) in [7, 11) is 0. The van der Waals surface area contributed by atoms with Crippen molar-refractivity contribution in [2.75, 3.05) is 46.2 Å². The van der Waals surface area contributed by atoms with Gasteiger partial charge in [0.1, 0.15) is 23.0 Å². The zero-order valence-corrected chi connectivity index (χ0v) is 18.1. The van der Waals surface area contributed by atoms with Crippen LogP contribution in [0.2, 0.25) is 0 Å². The van der Waals surface area contributed by atoms with Crippen LogP contribution in [0.4, 0.5) is 0 Å². The van der Waals surface area contributed by atoms with Crippen molar-refractivity contribution in [3.63, 3.8) is 0 Å². The van der Waals surface area contributed by atoms with Gasteiger partial charge in [-0.1, -0.05) is 25.7 Å². The summed E-state index contributed by atoms with van der Waals surface area (Å²) in [5.74, 6) is 0.115. The van der Waals surface area contributed by atoms with Crippen molar-refractivity contribution in [3.05, 3.63) is 0 Å². The number of nitrogens with one attached hydrogen (secondary N) is 1. The molecule has 25 heavy (non-hydrogen) atoms. The zero-order chi connectivity index (χ0) is 18.6. The molecule has 0 aromatic rings. The number of carbonyl (C=O) groups excluding carboxylic acids is 1. The summed E-state index contributed by atoms with van der Waals surface area (Å²) in [4.78, 5) is 11.7. The van der Waals surface area contributed by atoms with E-state index < -0.39 is 0 Å². The number of carbonyl (C=O) groups is 1. The van der Waals surface area contributed by atoms with Crippen LogP contribution in [0.15, 0.2) is 0 Å². The molecule has 0 aliphatic rings. The number of amides is 1. The molecule has 0 aliphatic heterocycles. The van der Waals surface area contributed by atoms with E-state index in [0.717, 1.165) is 25.9 Å². The van der Waals surface area contributed by atoms with E-state index in [1.165, 1.54) is 19.3 Å². The molecular weight excluding hydrogens is 437 g/mol. The number of unbranched alkanes of at least 4 members (excludes halogenated alkanes) is 5. The normalized spacial score (nSPS) is 11.2. The Kier molecular flexibility index (Phi) is 20.4. The molecule has 0 heterocycles. The molecule has 0 aliphatic carbocycles. The minimum absolute atomic E-state index is 0.115. The van der Waals surface area contributed by atoms with Crippen molar-refractivity contribution in [2.24, 2.45) is 0 Å². The molecule has 1 amide bonds. The van der Waals surface area contributed by atoms with Crippen LogP contribution in [-0.2, 0) is 22.1 Å². The Bertz CT molecular complexity index is 293.